The third kappa shape index (κ3) is 4.91. The fourth-order valence-electron chi connectivity index (χ4n) is 3.18. The Kier molecular flexibility index (Phi) is 6.49. The third-order valence-electron chi connectivity index (χ3n) is 4.91. The molecular weight excluding hydrogens is 398 g/mol. The Balaban J connectivity index is 1.56. The Labute approximate surface area is 173 Å². The highest BCUT2D eigenvalue weighted by Crippen LogP contribution is 2.33. The number of halogens is 1. The molecule has 3 N–H and O–H groups in total. The topological polar surface area (TPSA) is 112 Å². The second-order valence-corrected chi connectivity index (χ2v) is 7.64. The standard InChI is InChI=1S/C20H22ClN3O5/c1-20(11-24(28)19(27)13-5-3-2-4-6-13)12-29-15(17(20)25)10-23-18(26)14-7-8-16(21)22-9-14/h2-9,15,17,25,28H,10-12H2,1H3,(H,23,26)/t15-,17-,20-/m1/s1. The lowest BCUT2D eigenvalue weighted by Crippen LogP contribution is -2.47. The van der Waals surface area contributed by atoms with Crippen LogP contribution in [0.15, 0.2) is 48.7 Å². The van der Waals surface area contributed by atoms with Gasteiger partial charge in [-0.1, -0.05) is 36.7 Å². The van der Waals surface area contributed by atoms with Crippen molar-refractivity contribution in [1.82, 2.24) is 15.4 Å². The lowest BCUT2D eigenvalue weighted by atomic mass is 9.84. The summed E-state index contributed by atoms with van der Waals surface area (Å²) in [4.78, 5) is 28.4. The maximum atomic E-state index is 12.3. The number of nitrogens with one attached hydrogen (secondary N) is 1. The van der Waals surface area contributed by atoms with E-state index in [1.54, 1.807) is 43.3 Å². The van der Waals surface area contributed by atoms with Gasteiger partial charge in [0.1, 0.15) is 11.3 Å². The summed E-state index contributed by atoms with van der Waals surface area (Å²) in [5.41, 5.74) is -0.219. The highest BCUT2D eigenvalue weighted by Gasteiger charge is 2.47. The highest BCUT2D eigenvalue weighted by molar-refractivity contribution is 6.29. The van der Waals surface area contributed by atoms with Crippen LogP contribution in [0.25, 0.3) is 0 Å². The molecule has 1 aliphatic rings. The number of nitrogens with zero attached hydrogens (tertiary/aromatic N) is 2. The van der Waals surface area contributed by atoms with Gasteiger partial charge in [0.15, 0.2) is 0 Å². The fraction of sp³-hybridized carbons (Fsp3) is 0.350. The van der Waals surface area contributed by atoms with Gasteiger partial charge < -0.3 is 15.2 Å². The van der Waals surface area contributed by atoms with Crippen LogP contribution in [0.5, 0.6) is 0 Å². The monoisotopic (exact) mass is 419 g/mol. The molecule has 9 heteroatoms. The number of carbonyl (C=O) groups is 2. The molecule has 0 bridgehead atoms. The maximum absolute atomic E-state index is 12.3. The molecule has 1 aromatic heterocycles. The Morgan fingerprint density at radius 3 is 2.66 bits per heavy atom. The first-order chi connectivity index (χ1) is 13.8. The van der Waals surface area contributed by atoms with Crippen molar-refractivity contribution in [2.24, 2.45) is 5.41 Å². The number of hydroxylamine groups is 2. The summed E-state index contributed by atoms with van der Waals surface area (Å²) in [5, 5.41) is 24.4. The van der Waals surface area contributed by atoms with Gasteiger partial charge in [0.05, 0.1) is 24.8 Å². The average Bonchev–Trinajstić information content (AvgIpc) is 3.00. The molecule has 0 unspecified atom stereocenters. The van der Waals surface area contributed by atoms with E-state index >= 15 is 0 Å². The van der Waals surface area contributed by atoms with Crippen molar-refractivity contribution in [2.75, 3.05) is 19.7 Å². The minimum Gasteiger partial charge on any atom is -0.390 e. The first kappa shape index (κ1) is 21.2. The van der Waals surface area contributed by atoms with Crippen molar-refractivity contribution < 1.29 is 24.6 Å². The van der Waals surface area contributed by atoms with Gasteiger partial charge in [0.25, 0.3) is 11.8 Å². The number of hydrogen-bond donors (Lipinski definition) is 3. The number of amides is 2. The summed E-state index contributed by atoms with van der Waals surface area (Å²) in [6.07, 6.45) is -0.319. The Morgan fingerprint density at radius 1 is 1.28 bits per heavy atom. The van der Waals surface area contributed by atoms with Gasteiger partial charge in [0.2, 0.25) is 0 Å². The van der Waals surface area contributed by atoms with E-state index in [9.17, 15) is 19.9 Å². The molecule has 1 saturated heterocycles. The van der Waals surface area contributed by atoms with Crippen LogP contribution in [-0.4, -0.2) is 64.1 Å². The summed E-state index contributed by atoms with van der Waals surface area (Å²) < 4.78 is 5.62. The second-order valence-electron chi connectivity index (χ2n) is 7.26. The first-order valence-electron chi connectivity index (χ1n) is 9.05. The normalized spacial score (nSPS) is 23.6. The number of aliphatic hydroxyl groups is 1. The van der Waals surface area contributed by atoms with Gasteiger partial charge in [-0.05, 0) is 24.3 Å². The van der Waals surface area contributed by atoms with E-state index < -0.39 is 23.5 Å². The zero-order chi connectivity index (χ0) is 21.0. The van der Waals surface area contributed by atoms with Crippen LogP contribution < -0.4 is 5.32 Å². The molecule has 0 radical (unpaired) electrons. The van der Waals surface area contributed by atoms with Crippen molar-refractivity contribution in [3.63, 3.8) is 0 Å². The van der Waals surface area contributed by atoms with E-state index in [1.165, 1.54) is 12.3 Å². The van der Waals surface area contributed by atoms with Gasteiger partial charge in [0, 0.05) is 23.7 Å². The predicted molar refractivity (Wildman–Crippen MR) is 105 cm³/mol. The molecule has 0 saturated carbocycles. The molecular formula is C20H22ClN3O5. The van der Waals surface area contributed by atoms with E-state index in [0.717, 1.165) is 0 Å². The van der Waals surface area contributed by atoms with Crippen molar-refractivity contribution in [3.05, 3.63) is 64.9 Å². The Hall–Kier alpha value is -2.52. The van der Waals surface area contributed by atoms with Crippen LogP contribution in [0.1, 0.15) is 27.6 Å². The second kappa shape index (κ2) is 8.87. The van der Waals surface area contributed by atoms with Gasteiger partial charge in [-0.15, -0.1) is 0 Å². The van der Waals surface area contributed by atoms with Crippen LogP contribution in [0.2, 0.25) is 5.15 Å². The van der Waals surface area contributed by atoms with Crippen LogP contribution in [0.4, 0.5) is 0 Å². The summed E-state index contributed by atoms with van der Waals surface area (Å²) >= 11 is 5.71. The molecule has 3 rings (SSSR count). The molecule has 2 heterocycles. The van der Waals surface area contributed by atoms with Gasteiger partial charge in [-0.25, -0.2) is 10.0 Å². The molecule has 8 nitrogen and oxygen atoms in total. The SMILES string of the molecule is C[C@@]1(CN(O)C(=O)c2ccccc2)CO[C@H](CNC(=O)c2ccc(Cl)nc2)[C@H]1O. The van der Waals surface area contributed by atoms with Gasteiger partial charge in [-0.3, -0.25) is 14.8 Å². The van der Waals surface area contributed by atoms with Crippen molar-refractivity contribution in [2.45, 2.75) is 19.1 Å². The zero-order valence-corrected chi connectivity index (χ0v) is 16.5. The summed E-state index contributed by atoms with van der Waals surface area (Å²) in [7, 11) is 0. The smallest absolute Gasteiger partial charge is 0.277 e. The first-order valence-corrected chi connectivity index (χ1v) is 9.43. The molecule has 29 heavy (non-hydrogen) atoms. The van der Waals surface area contributed by atoms with E-state index in [2.05, 4.69) is 10.3 Å². The highest BCUT2D eigenvalue weighted by atomic mass is 35.5. The minimum atomic E-state index is -0.996. The lowest BCUT2D eigenvalue weighted by Gasteiger charge is -2.31. The number of pyridine rings is 1. The maximum Gasteiger partial charge on any atom is 0.277 e. The molecule has 1 fully saturated rings. The van der Waals surface area contributed by atoms with E-state index in [0.29, 0.717) is 16.2 Å². The minimum absolute atomic E-state index is 0.0658. The molecule has 2 aromatic rings. The van der Waals surface area contributed by atoms with E-state index in [4.69, 9.17) is 16.3 Å². The number of hydrogen-bond acceptors (Lipinski definition) is 6. The van der Waals surface area contributed by atoms with E-state index in [-0.39, 0.29) is 30.8 Å². The quantitative estimate of drug-likeness (QED) is 0.373. The third-order valence-corrected chi connectivity index (χ3v) is 5.14. The number of aliphatic hydroxyl groups excluding tert-OH is 1. The Bertz CT molecular complexity index is 864. The zero-order valence-electron chi connectivity index (χ0n) is 15.8. The molecule has 2 amide bonds. The Morgan fingerprint density at radius 2 is 2.00 bits per heavy atom. The van der Waals surface area contributed by atoms with Crippen molar-refractivity contribution in [1.29, 1.82) is 0 Å². The summed E-state index contributed by atoms with van der Waals surface area (Å²) in [6, 6.07) is 11.4. The van der Waals surface area contributed by atoms with Crippen LogP contribution in [0.3, 0.4) is 0 Å². The predicted octanol–water partition coefficient (Wildman–Crippen LogP) is 1.76. The largest absolute Gasteiger partial charge is 0.390 e. The van der Waals surface area contributed by atoms with Gasteiger partial charge >= 0.3 is 0 Å². The molecule has 1 aliphatic heterocycles. The number of carbonyl (C=O) groups excluding carboxylic acids is 2. The van der Waals surface area contributed by atoms with Crippen molar-refractivity contribution >= 4 is 23.4 Å². The number of ether oxygens (including phenoxy) is 1. The fourth-order valence-corrected chi connectivity index (χ4v) is 3.29. The molecule has 0 aliphatic carbocycles. The van der Waals surface area contributed by atoms with Gasteiger partial charge in [-0.2, -0.15) is 0 Å². The van der Waals surface area contributed by atoms with Crippen LogP contribution in [0, 0.1) is 5.41 Å². The number of aromatic nitrogens is 1. The van der Waals surface area contributed by atoms with E-state index in [1.807, 2.05) is 0 Å². The van der Waals surface area contributed by atoms with Crippen LogP contribution in [-0.2, 0) is 4.74 Å². The molecule has 1 aromatic carbocycles. The lowest BCUT2D eigenvalue weighted by molar-refractivity contribution is -0.0940. The number of rotatable bonds is 6. The molecule has 154 valence electrons. The summed E-state index contributed by atoms with van der Waals surface area (Å²) in [5.74, 6) is -0.937. The van der Waals surface area contributed by atoms with Crippen LogP contribution >= 0.6 is 11.6 Å². The molecule has 0 spiro atoms. The summed E-state index contributed by atoms with van der Waals surface area (Å²) in [6.45, 7) is 1.78. The average molecular weight is 420 g/mol. The molecule has 3 atom stereocenters. The number of benzene rings is 1. The van der Waals surface area contributed by atoms with Crippen molar-refractivity contribution in [3.8, 4) is 0 Å².